The van der Waals surface area contributed by atoms with Crippen LogP contribution >= 0.6 is 0 Å². The van der Waals surface area contributed by atoms with E-state index in [0.29, 0.717) is 5.56 Å². The van der Waals surface area contributed by atoms with E-state index >= 15 is 0 Å². The second-order valence-electron chi connectivity index (χ2n) is 6.19. The summed E-state index contributed by atoms with van der Waals surface area (Å²) in [5, 5.41) is 8.02. The Morgan fingerprint density at radius 2 is 2.17 bits per heavy atom. The van der Waals surface area contributed by atoms with Gasteiger partial charge in [0.1, 0.15) is 0 Å². The second-order valence-corrected chi connectivity index (χ2v) is 6.19. The second kappa shape index (κ2) is 7.70. The number of hydrogen-bond acceptors (Lipinski definition) is 3. The molecule has 2 unspecified atom stereocenters. The number of rotatable bonds is 6. The molecule has 0 radical (unpaired) electrons. The third kappa shape index (κ3) is 4.99. The highest BCUT2D eigenvalue weighted by atomic mass is 19.3. The maximum Gasteiger partial charge on any atom is 0.262 e. The van der Waals surface area contributed by atoms with Crippen molar-refractivity contribution < 1.29 is 18.4 Å². The van der Waals surface area contributed by atoms with Gasteiger partial charge in [-0.2, -0.15) is 0 Å². The largest absolute Gasteiger partial charge is 0.351 e. The summed E-state index contributed by atoms with van der Waals surface area (Å²) in [5.74, 6) is -3.47. The summed E-state index contributed by atoms with van der Waals surface area (Å²) >= 11 is 0. The average Bonchev–Trinajstić information content (AvgIpc) is 2.92. The standard InChI is InChI=1S/C17H23F2N3O2/c1-3-11(2)22-15(23)13-6-4-5-12(7-13)9-20-16(24)14-8-17(18,19)10-21-14/h4-7,11,14,21H,3,8-10H2,1-2H3,(H,20,24)(H,22,23). The molecule has 0 aromatic heterocycles. The molecule has 1 aromatic rings. The Balaban J connectivity index is 1.90. The summed E-state index contributed by atoms with van der Waals surface area (Å²) in [6, 6.07) is 6.09. The van der Waals surface area contributed by atoms with Crippen molar-refractivity contribution in [2.75, 3.05) is 6.54 Å². The molecule has 24 heavy (non-hydrogen) atoms. The first-order valence-electron chi connectivity index (χ1n) is 8.09. The first kappa shape index (κ1) is 18.3. The molecule has 2 atom stereocenters. The van der Waals surface area contributed by atoms with Crippen molar-refractivity contribution in [3.05, 3.63) is 35.4 Å². The Labute approximate surface area is 140 Å². The van der Waals surface area contributed by atoms with Crippen LogP contribution in [0.5, 0.6) is 0 Å². The summed E-state index contributed by atoms with van der Waals surface area (Å²) in [6.07, 6.45) is 0.344. The average molecular weight is 339 g/mol. The van der Waals surface area contributed by atoms with E-state index in [1.54, 1.807) is 24.3 Å². The van der Waals surface area contributed by atoms with Crippen LogP contribution in [0.3, 0.4) is 0 Å². The van der Waals surface area contributed by atoms with E-state index in [9.17, 15) is 18.4 Å². The molecule has 1 aliphatic heterocycles. The summed E-state index contributed by atoms with van der Waals surface area (Å²) < 4.78 is 26.2. The van der Waals surface area contributed by atoms with Crippen molar-refractivity contribution in [2.45, 2.75) is 51.2 Å². The molecule has 1 aliphatic rings. The van der Waals surface area contributed by atoms with Crippen LogP contribution in [0.4, 0.5) is 8.78 Å². The zero-order valence-electron chi connectivity index (χ0n) is 13.9. The van der Waals surface area contributed by atoms with Crippen molar-refractivity contribution in [3.8, 4) is 0 Å². The molecule has 5 nitrogen and oxygen atoms in total. The Morgan fingerprint density at radius 3 is 2.79 bits per heavy atom. The maximum atomic E-state index is 13.1. The highest BCUT2D eigenvalue weighted by Gasteiger charge is 2.42. The molecule has 0 bridgehead atoms. The lowest BCUT2D eigenvalue weighted by Gasteiger charge is -2.13. The molecular weight excluding hydrogens is 316 g/mol. The summed E-state index contributed by atoms with van der Waals surface area (Å²) in [7, 11) is 0. The van der Waals surface area contributed by atoms with E-state index < -0.39 is 30.8 Å². The minimum atomic E-state index is -2.84. The Kier molecular flexibility index (Phi) is 5.88. The molecule has 1 saturated heterocycles. The molecule has 132 valence electrons. The van der Waals surface area contributed by atoms with Gasteiger partial charge in [-0.05, 0) is 31.0 Å². The van der Waals surface area contributed by atoms with Crippen LogP contribution in [-0.4, -0.2) is 36.4 Å². The predicted molar refractivity (Wildman–Crippen MR) is 86.9 cm³/mol. The fourth-order valence-corrected chi connectivity index (χ4v) is 2.44. The van der Waals surface area contributed by atoms with Gasteiger partial charge in [0, 0.05) is 24.6 Å². The van der Waals surface area contributed by atoms with Crippen molar-refractivity contribution in [2.24, 2.45) is 0 Å². The molecule has 2 rings (SSSR count). The summed E-state index contributed by atoms with van der Waals surface area (Å²) in [4.78, 5) is 24.0. The van der Waals surface area contributed by atoms with Crippen LogP contribution in [0.15, 0.2) is 24.3 Å². The minimum absolute atomic E-state index is 0.0796. The molecule has 2 amide bonds. The van der Waals surface area contributed by atoms with E-state index in [0.717, 1.165) is 12.0 Å². The zero-order valence-corrected chi connectivity index (χ0v) is 13.9. The SMILES string of the molecule is CCC(C)NC(=O)c1cccc(CNC(=O)C2CC(F)(F)CN2)c1. The fourth-order valence-electron chi connectivity index (χ4n) is 2.44. The highest BCUT2D eigenvalue weighted by molar-refractivity contribution is 5.94. The Bertz CT molecular complexity index is 607. The number of carbonyl (C=O) groups is 2. The van der Waals surface area contributed by atoms with Gasteiger partial charge in [-0.3, -0.25) is 14.9 Å². The highest BCUT2D eigenvalue weighted by Crippen LogP contribution is 2.25. The van der Waals surface area contributed by atoms with E-state index in [4.69, 9.17) is 0 Å². The van der Waals surface area contributed by atoms with Gasteiger partial charge in [-0.1, -0.05) is 19.1 Å². The summed E-state index contributed by atoms with van der Waals surface area (Å²) in [6.45, 7) is 3.62. The molecule has 0 aliphatic carbocycles. The van der Waals surface area contributed by atoms with Crippen LogP contribution in [0, 0.1) is 0 Å². The molecule has 0 spiro atoms. The monoisotopic (exact) mass is 339 g/mol. The fraction of sp³-hybridized carbons (Fsp3) is 0.529. The summed E-state index contributed by atoms with van der Waals surface area (Å²) in [5.41, 5.74) is 1.25. The first-order chi connectivity index (χ1) is 11.3. The van der Waals surface area contributed by atoms with Crippen LogP contribution in [0.1, 0.15) is 42.6 Å². The first-order valence-corrected chi connectivity index (χ1v) is 8.09. The molecule has 1 fully saturated rings. The third-order valence-corrected chi connectivity index (χ3v) is 4.07. The van der Waals surface area contributed by atoms with Crippen molar-refractivity contribution in [1.29, 1.82) is 0 Å². The minimum Gasteiger partial charge on any atom is -0.351 e. The van der Waals surface area contributed by atoms with E-state index in [-0.39, 0.29) is 18.5 Å². The van der Waals surface area contributed by atoms with Crippen LogP contribution in [0.25, 0.3) is 0 Å². The number of alkyl halides is 2. The normalized spacial score (nSPS) is 20.4. The number of carbonyl (C=O) groups excluding carboxylic acids is 2. The molecule has 7 heteroatoms. The lowest BCUT2D eigenvalue weighted by atomic mass is 10.1. The van der Waals surface area contributed by atoms with Crippen LogP contribution in [-0.2, 0) is 11.3 Å². The number of hydrogen-bond donors (Lipinski definition) is 3. The molecule has 1 heterocycles. The number of halogens is 2. The van der Waals surface area contributed by atoms with Crippen molar-refractivity contribution in [1.82, 2.24) is 16.0 Å². The van der Waals surface area contributed by atoms with E-state index in [1.165, 1.54) is 0 Å². The van der Waals surface area contributed by atoms with Gasteiger partial charge in [-0.15, -0.1) is 0 Å². The smallest absolute Gasteiger partial charge is 0.262 e. The van der Waals surface area contributed by atoms with Crippen LogP contribution < -0.4 is 16.0 Å². The lowest BCUT2D eigenvalue weighted by molar-refractivity contribution is -0.123. The van der Waals surface area contributed by atoms with Crippen molar-refractivity contribution in [3.63, 3.8) is 0 Å². The van der Waals surface area contributed by atoms with Gasteiger partial charge in [0.2, 0.25) is 5.91 Å². The van der Waals surface area contributed by atoms with Crippen molar-refractivity contribution >= 4 is 11.8 Å². The maximum absolute atomic E-state index is 13.1. The van der Waals surface area contributed by atoms with Gasteiger partial charge in [-0.25, -0.2) is 8.78 Å². The predicted octanol–water partition coefficient (Wildman–Crippen LogP) is 1.83. The zero-order chi connectivity index (χ0) is 17.7. The molecule has 3 N–H and O–H groups in total. The number of benzene rings is 1. The van der Waals surface area contributed by atoms with Crippen LogP contribution in [0.2, 0.25) is 0 Å². The van der Waals surface area contributed by atoms with Gasteiger partial charge >= 0.3 is 0 Å². The number of amides is 2. The van der Waals surface area contributed by atoms with Gasteiger partial charge in [0.25, 0.3) is 11.8 Å². The topological polar surface area (TPSA) is 70.2 Å². The van der Waals surface area contributed by atoms with Gasteiger partial charge in [0.15, 0.2) is 0 Å². The number of nitrogens with one attached hydrogen (secondary N) is 3. The quantitative estimate of drug-likeness (QED) is 0.740. The van der Waals surface area contributed by atoms with Gasteiger partial charge in [0.05, 0.1) is 12.6 Å². The Hall–Kier alpha value is -2.02. The Morgan fingerprint density at radius 1 is 1.42 bits per heavy atom. The third-order valence-electron chi connectivity index (χ3n) is 4.07. The van der Waals surface area contributed by atoms with Gasteiger partial charge < -0.3 is 10.6 Å². The van der Waals surface area contributed by atoms with E-state index in [2.05, 4.69) is 16.0 Å². The molecule has 1 aromatic carbocycles. The molecular formula is C17H23F2N3O2. The lowest BCUT2D eigenvalue weighted by Crippen LogP contribution is -2.40. The molecule has 0 saturated carbocycles. The van der Waals surface area contributed by atoms with E-state index in [1.807, 2.05) is 13.8 Å².